The van der Waals surface area contributed by atoms with Crippen LogP contribution in [0.3, 0.4) is 0 Å². The number of H-pyrrole nitrogens is 1. The summed E-state index contributed by atoms with van der Waals surface area (Å²) >= 11 is 0. The number of amides is 9. The van der Waals surface area contributed by atoms with E-state index >= 15 is 0 Å². The highest BCUT2D eigenvalue weighted by Crippen LogP contribution is 2.13. The molecule has 0 bridgehead atoms. The molecule has 63 heavy (non-hydrogen) atoms. The summed E-state index contributed by atoms with van der Waals surface area (Å²) in [7, 11) is 0. The minimum absolute atomic E-state index is 0.150. The molecule has 7 atom stereocenters. The molecule has 1 aliphatic rings. The number of rotatable bonds is 25. The number of esters is 1. The Kier molecular flexibility index (Phi) is 23.3. The van der Waals surface area contributed by atoms with Crippen LogP contribution in [0.2, 0.25) is 0 Å². The Hall–Kier alpha value is -6.13. The molecule has 0 saturated carbocycles. The van der Waals surface area contributed by atoms with Gasteiger partial charge in [0.2, 0.25) is 53.2 Å². The van der Waals surface area contributed by atoms with Gasteiger partial charge < -0.3 is 63.5 Å². The number of aliphatic hydroxyl groups excluding tert-OH is 1. The molecule has 0 aliphatic carbocycles. The van der Waals surface area contributed by atoms with E-state index < -0.39 is 121 Å². The molecule has 1 aliphatic heterocycles. The smallest absolute Gasteiger partial charge is 0.328 e. The molecule has 0 spiro atoms. The van der Waals surface area contributed by atoms with Gasteiger partial charge in [0.15, 0.2) is 0 Å². The van der Waals surface area contributed by atoms with Crippen molar-refractivity contribution in [3.05, 3.63) is 18.2 Å². The molecule has 352 valence electrons. The van der Waals surface area contributed by atoms with Crippen LogP contribution in [-0.4, -0.2) is 130 Å². The summed E-state index contributed by atoms with van der Waals surface area (Å²) in [5.74, 6) is -8.12. The van der Waals surface area contributed by atoms with Crippen LogP contribution in [0.1, 0.15) is 110 Å². The zero-order valence-electron chi connectivity index (χ0n) is 36.4. The van der Waals surface area contributed by atoms with Crippen LogP contribution in [0.5, 0.6) is 0 Å². The Bertz CT molecular complexity index is 1720. The van der Waals surface area contributed by atoms with E-state index in [0.717, 1.165) is 25.7 Å². The Morgan fingerprint density at radius 3 is 1.95 bits per heavy atom. The molecule has 2 heterocycles. The van der Waals surface area contributed by atoms with Crippen LogP contribution >= 0.6 is 0 Å². The van der Waals surface area contributed by atoms with Crippen LogP contribution < -0.4 is 48.7 Å². The first-order valence-electron chi connectivity index (χ1n) is 21.2. The second-order valence-electron chi connectivity index (χ2n) is 16.0. The molecular weight excluding hydrogens is 827 g/mol. The number of ether oxygens (including phenoxy) is 1. The number of hydrogen-bond donors (Lipinski definition) is 11. The molecule has 1 aromatic heterocycles. The summed E-state index contributed by atoms with van der Waals surface area (Å²) in [4.78, 5) is 135. The maximum atomic E-state index is 13.7. The fourth-order valence-corrected chi connectivity index (χ4v) is 6.31. The van der Waals surface area contributed by atoms with Crippen molar-refractivity contribution in [2.45, 2.75) is 154 Å². The van der Waals surface area contributed by atoms with E-state index in [1.807, 2.05) is 0 Å². The van der Waals surface area contributed by atoms with Gasteiger partial charge >= 0.3 is 5.97 Å². The number of imidazole rings is 1. The molecule has 1 saturated heterocycles. The van der Waals surface area contributed by atoms with Crippen molar-refractivity contribution < 1.29 is 57.8 Å². The zero-order valence-corrected chi connectivity index (χ0v) is 36.4. The van der Waals surface area contributed by atoms with Crippen molar-refractivity contribution in [3.63, 3.8) is 0 Å². The van der Waals surface area contributed by atoms with Gasteiger partial charge in [-0.1, -0.05) is 52.4 Å². The number of nitrogens with two attached hydrogens (primary N) is 2. The maximum Gasteiger partial charge on any atom is 0.328 e. The first-order chi connectivity index (χ1) is 29.8. The molecule has 23 heteroatoms. The summed E-state index contributed by atoms with van der Waals surface area (Å²) in [6.45, 7) is 5.40. The Balaban J connectivity index is 2.12. The molecule has 0 radical (unpaired) electrons. The fraction of sp³-hybridized carbons (Fsp3) is 0.675. The predicted octanol–water partition coefficient (Wildman–Crippen LogP) is -2.76. The van der Waals surface area contributed by atoms with Crippen molar-refractivity contribution in [2.24, 2.45) is 17.4 Å². The van der Waals surface area contributed by atoms with Gasteiger partial charge in [-0.05, 0) is 39.0 Å². The number of carbonyl (C=O) groups is 10. The molecule has 1 fully saturated rings. The van der Waals surface area contributed by atoms with Crippen molar-refractivity contribution in [2.75, 3.05) is 13.2 Å². The third-order valence-corrected chi connectivity index (χ3v) is 9.94. The van der Waals surface area contributed by atoms with Gasteiger partial charge in [0, 0.05) is 37.6 Å². The summed E-state index contributed by atoms with van der Waals surface area (Å²) < 4.78 is 5.32. The van der Waals surface area contributed by atoms with Crippen molar-refractivity contribution in [1.29, 1.82) is 0 Å². The third-order valence-electron chi connectivity index (χ3n) is 9.94. The van der Waals surface area contributed by atoms with Gasteiger partial charge in [-0.3, -0.25) is 43.2 Å². The summed E-state index contributed by atoms with van der Waals surface area (Å²) in [5.41, 5.74) is 10.9. The van der Waals surface area contributed by atoms with Crippen LogP contribution in [-0.2, 0) is 59.1 Å². The highest BCUT2D eigenvalue weighted by Gasteiger charge is 2.35. The number of aromatic nitrogens is 2. The quantitative estimate of drug-likeness (QED) is 0.0351. The lowest BCUT2D eigenvalue weighted by atomic mass is 10.0. The third kappa shape index (κ3) is 21.0. The Morgan fingerprint density at radius 1 is 0.762 bits per heavy atom. The van der Waals surface area contributed by atoms with E-state index in [-0.39, 0.29) is 32.1 Å². The van der Waals surface area contributed by atoms with Gasteiger partial charge in [-0.2, -0.15) is 0 Å². The molecule has 7 unspecified atom stereocenters. The molecule has 9 amide bonds. The van der Waals surface area contributed by atoms with Gasteiger partial charge in [-0.15, -0.1) is 0 Å². The normalized spacial score (nSPS) is 19.8. The van der Waals surface area contributed by atoms with Crippen LogP contribution in [0.15, 0.2) is 12.5 Å². The number of aromatic amines is 1. The number of unbranched alkanes of at least 4 members (excludes halogenated alkanes) is 5. The zero-order chi connectivity index (χ0) is 47.1. The van der Waals surface area contributed by atoms with E-state index in [2.05, 4.69) is 61.0 Å². The first kappa shape index (κ1) is 53.0. The molecule has 2 rings (SSSR count). The van der Waals surface area contributed by atoms with Crippen LogP contribution in [0.4, 0.5) is 0 Å². The average molecular weight is 892 g/mol. The molecule has 1 aromatic rings. The number of hydrogen-bond acceptors (Lipinski definition) is 13. The van der Waals surface area contributed by atoms with E-state index in [1.54, 1.807) is 0 Å². The summed E-state index contributed by atoms with van der Waals surface area (Å²) in [6.07, 6.45) is 6.88. The summed E-state index contributed by atoms with van der Waals surface area (Å²) in [5, 5.41) is 27.0. The minimum Gasteiger partial charge on any atom is -0.461 e. The highest BCUT2D eigenvalue weighted by atomic mass is 16.5. The SMILES string of the molecule is CC(C)CCCCCCCCC(=O)NC(C(=O)NCC(=O)NC(C)C(=O)NC1COC(=O)C(CCC(N)=O)NC(=O)C(CCC(N)=O)NC(=O)C(Cc2cnc[nH]2)NC1=O)C(C)O. The second kappa shape index (κ2) is 27.7. The number of primary amides is 2. The lowest BCUT2D eigenvalue weighted by Gasteiger charge is -2.25. The standard InChI is InChI=1S/C40H65N11O12/c1-22(2)11-9-7-5-6-8-10-12-32(55)51-34(24(4)52)39(61)44-19-33(56)46-23(3)35(57)50-29-20-63-40(62)27(14-16-31(42)54)48-36(58)26(13-15-30(41)53)47-37(59)28(49-38(29)60)17-25-18-43-21-45-25/h18,21-24,26-29,34,52H,5-17,19-20H2,1-4H3,(H2,41,53)(H2,42,54)(H,43,45)(H,44,61)(H,46,56)(H,47,59)(H,48,58)(H,49,60)(H,50,57)(H,51,55). The predicted molar refractivity (Wildman–Crippen MR) is 224 cm³/mol. The number of nitrogens with zero attached hydrogens (tertiary/aromatic N) is 1. The van der Waals surface area contributed by atoms with E-state index in [0.29, 0.717) is 18.0 Å². The monoisotopic (exact) mass is 891 g/mol. The largest absolute Gasteiger partial charge is 0.461 e. The Labute approximate surface area is 365 Å². The van der Waals surface area contributed by atoms with Crippen LogP contribution in [0.25, 0.3) is 0 Å². The lowest BCUT2D eigenvalue weighted by Crippen LogP contribution is -2.59. The number of aliphatic hydroxyl groups is 1. The van der Waals surface area contributed by atoms with E-state index in [1.165, 1.54) is 39.2 Å². The van der Waals surface area contributed by atoms with E-state index in [9.17, 15) is 53.1 Å². The van der Waals surface area contributed by atoms with Crippen LogP contribution in [0, 0.1) is 5.92 Å². The average Bonchev–Trinajstić information content (AvgIpc) is 3.73. The summed E-state index contributed by atoms with van der Waals surface area (Å²) in [6, 6.07) is -8.87. The van der Waals surface area contributed by atoms with Gasteiger partial charge in [0.25, 0.3) is 0 Å². The van der Waals surface area contributed by atoms with Gasteiger partial charge in [-0.25, -0.2) is 9.78 Å². The Morgan fingerprint density at radius 2 is 1.35 bits per heavy atom. The molecule has 0 aromatic carbocycles. The van der Waals surface area contributed by atoms with Crippen molar-refractivity contribution >= 4 is 59.1 Å². The molecular formula is C40H65N11O12. The molecule has 13 N–H and O–H groups in total. The van der Waals surface area contributed by atoms with Crippen molar-refractivity contribution in [3.8, 4) is 0 Å². The highest BCUT2D eigenvalue weighted by molar-refractivity contribution is 5.97. The fourth-order valence-electron chi connectivity index (χ4n) is 6.31. The number of nitrogens with one attached hydrogen (secondary N) is 8. The lowest BCUT2D eigenvalue weighted by molar-refractivity contribution is -0.150. The van der Waals surface area contributed by atoms with E-state index in [4.69, 9.17) is 16.2 Å². The van der Waals surface area contributed by atoms with Gasteiger partial charge in [0.1, 0.15) is 42.9 Å². The topological polar surface area (TPSA) is 365 Å². The van der Waals surface area contributed by atoms with Gasteiger partial charge in [0.05, 0.1) is 19.0 Å². The maximum absolute atomic E-state index is 13.7. The second-order valence-corrected chi connectivity index (χ2v) is 16.0. The number of cyclic esters (lactones) is 1. The number of carbonyl (C=O) groups excluding carboxylic acids is 10. The first-order valence-corrected chi connectivity index (χ1v) is 21.2. The minimum atomic E-state index is -1.71. The molecule has 23 nitrogen and oxygen atoms in total. The van der Waals surface area contributed by atoms with Crippen molar-refractivity contribution in [1.82, 2.24) is 47.2 Å².